The first-order valence-corrected chi connectivity index (χ1v) is 11.4. The monoisotopic (exact) mass is 411 g/mol. The maximum Gasteiger partial charge on any atom is 0.263 e. The molecular weight excluding hydrogens is 386 g/mol. The number of aromatic nitrogens is 1. The van der Waals surface area contributed by atoms with Crippen LogP contribution in [0.25, 0.3) is 10.6 Å². The lowest BCUT2D eigenvalue weighted by Gasteiger charge is -2.32. The van der Waals surface area contributed by atoms with Crippen LogP contribution < -0.4 is 5.32 Å². The second-order valence-electron chi connectivity index (χ2n) is 7.40. The van der Waals surface area contributed by atoms with E-state index in [0.29, 0.717) is 0 Å². The second kappa shape index (κ2) is 8.55. The number of nitrogens with one attached hydrogen (secondary N) is 1. The SMILES string of the molecule is Cc1ccccc1CN1CCC(NC(=O)c2sc(-c3ccsc3)nc2C)CC1. The Hall–Kier alpha value is -2.02. The molecule has 28 heavy (non-hydrogen) atoms. The van der Waals surface area contributed by atoms with Gasteiger partial charge >= 0.3 is 0 Å². The Morgan fingerprint density at radius 3 is 2.71 bits per heavy atom. The summed E-state index contributed by atoms with van der Waals surface area (Å²) in [6, 6.07) is 10.9. The molecule has 2 aromatic heterocycles. The van der Waals surface area contributed by atoms with Crippen molar-refractivity contribution >= 4 is 28.6 Å². The number of hydrogen-bond acceptors (Lipinski definition) is 5. The number of carbonyl (C=O) groups excluding carboxylic acids is 1. The highest BCUT2D eigenvalue weighted by Crippen LogP contribution is 2.29. The maximum atomic E-state index is 12.8. The van der Waals surface area contributed by atoms with Crippen molar-refractivity contribution in [1.29, 1.82) is 0 Å². The summed E-state index contributed by atoms with van der Waals surface area (Å²) < 4.78 is 0. The molecule has 1 aromatic carbocycles. The molecule has 6 heteroatoms. The Kier molecular flexibility index (Phi) is 5.90. The molecule has 0 atom stereocenters. The quantitative estimate of drug-likeness (QED) is 0.651. The van der Waals surface area contributed by atoms with Crippen LogP contribution in [-0.4, -0.2) is 34.9 Å². The van der Waals surface area contributed by atoms with Crippen LogP contribution in [-0.2, 0) is 6.54 Å². The summed E-state index contributed by atoms with van der Waals surface area (Å²) in [5.41, 5.74) is 4.66. The van der Waals surface area contributed by atoms with Gasteiger partial charge in [0, 0.05) is 36.6 Å². The summed E-state index contributed by atoms with van der Waals surface area (Å²) in [6.45, 7) is 7.11. The normalized spacial score (nSPS) is 15.6. The van der Waals surface area contributed by atoms with Crippen LogP contribution in [0.5, 0.6) is 0 Å². The van der Waals surface area contributed by atoms with E-state index in [-0.39, 0.29) is 11.9 Å². The van der Waals surface area contributed by atoms with Gasteiger partial charge in [-0.05, 0) is 49.3 Å². The highest BCUT2D eigenvalue weighted by Gasteiger charge is 2.23. The van der Waals surface area contributed by atoms with Crippen LogP contribution in [0.1, 0.15) is 39.3 Å². The molecule has 1 aliphatic heterocycles. The lowest BCUT2D eigenvalue weighted by molar-refractivity contribution is 0.0912. The van der Waals surface area contributed by atoms with Crippen molar-refractivity contribution in [2.45, 2.75) is 39.3 Å². The number of amides is 1. The topological polar surface area (TPSA) is 45.2 Å². The Bertz CT molecular complexity index is 941. The van der Waals surface area contributed by atoms with Crippen molar-refractivity contribution in [3.8, 4) is 10.6 Å². The van der Waals surface area contributed by atoms with Gasteiger partial charge in [-0.3, -0.25) is 9.69 Å². The number of hydrogen-bond donors (Lipinski definition) is 1. The van der Waals surface area contributed by atoms with Gasteiger partial charge in [-0.15, -0.1) is 11.3 Å². The summed E-state index contributed by atoms with van der Waals surface area (Å²) in [6.07, 6.45) is 1.99. The molecule has 0 bridgehead atoms. The number of piperidine rings is 1. The third-order valence-corrected chi connectivity index (χ3v) is 7.24. The fourth-order valence-electron chi connectivity index (χ4n) is 3.63. The Balaban J connectivity index is 1.32. The van der Waals surface area contributed by atoms with Crippen molar-refractivity contribution in [2.24, 2.45) is 0 Å². The lowest BCUT2D eigenvalue weighted by atomic mass is 10.0. The van der Waals surface area contributed by atoms with Gasteiger partial charge in [-0.1, -0.05) is 24.3 Å². The van der Waals surface area contributed by atoms with Crippen molar-refractivity contribution in [1.82, 2.24) is 15.2 Å². The lowest BCUT2D eigenvalue weighted by Crippen LogP contribution is -2.44. The van der Waals surface area contributed by atoms with Crippen LogP contribution in [0.2, 0.25) is 0 Å². The molecule has 3 aromatic rings. The maximum absolute atomic E-state index is 12.8. The zero-order chi connectivity index (χ0) is 19.5. The molecule has 0 spiro atoms. The molecule has 1 fully saturated rings. The summed E-state index contributed by atoms with van der Waals surface area (Å²) >= 11 is 3.14. The predicted molar refractivity (Wildman–Crippen MR) is 117 cm³/mol. The minimum Gasteiger partial charge on any atom is -0.348 e. The number of benzene rings is 1. The molecule has 0 aliphatic carbocycles. The van der Waals surface area contributed by atoms with E-state index in [4.69, 9.17) is 0 Å². The molecule has 1 aliphatic rings. The molecule has 4 nitrogen and oxygen atoms in total. The summed E-state index contributed by atoms with van der Waals surface area (Å²) in [4.78, 5) is 20.6. The van der Waals surface area contributed by atoms with Gasteiger partial charge in [0.15, 0.2) is 0 Å². The number of rotatable bonds is 5. The fraction of sp³-hybridized carbons (Fsp3) is 0.364. The van der Waals surface area contributed by atoms with E-state index in [1.807, 2.05) is 12.3 Å². The Morgan fingerprint density at radius 2 is 2.00 bits per heavy atom. The number of likely N-dealkylation sites (tertiary alicyclic amines) is 1. The Morgan fingerprint density at radius 1 is 1.21 bits per heavy atom. The molecule has 146 valence electrons. The fourth-order valence-corrected chi connectivity index (χ4v) is 5.31. The largest absolute Gasteiger partial charge is 0.348 e. The summed E-state index contributed by atoms with van der Waals surface area (Å²) in [5.74, 6) is 0.0221. The van der Waals surface area contributed by atoms with Gasteiger partial charge in [0.1, 0.15) is 9.88 Å². The second-order valence-corrected chi connectivity index (χ2v) is 9.18. The minimum absolute atomic E-state index is 0.0221. The molecule has 1 saturated heterocycles. The highest BCUT2D eigenvalue weighted by atomic mass is 32.1. The van der Waals surface area contributed by atoms with Crippen LogP contribution in [0.3, 0.4) is 0 Å². The van der Waals surface area contributed by atoms with Crippen molar-refractivity contribution in [3.05, 3.63) is 62.8 Å². The van der Waals surface area contributed by atoms with Crippen LogP contribution >= 0.6 is 22.7 Å². The number of aryl methyl sites for hydroxylation is 2. The van der Waals surface area contributed by atoms with Crippen molar-refractivity contribution in [2.75, 3.05) is 13.1 Å². The average molecular weight is 412 g/mol. The number of nitrogens with zero attached hydrogens (tertiary/aromatic N) is 2. The highest BCUT2D eigenvalue weighted by molar-refractivity contribution is 7.17. The third kappa shape index (κ3) is 4.35. The van der Waals surface area contributed by atoms with Gasteiger partial charge in [0.25, 0.3) is 5.91 Å². The number of thiazole rings is 1. The van der Waals surface area contributed by atoms with Crippen molar-refractivity contribution in [3.63, 3.8) is 0 Å². The zero-order valence-corrected chi connectivity index (χ0v) is 17.9. The number of carbonyl (C=O) groups is 1. The summed E-state index contributed by atoms with van der Waals surface area (Å²) in [5, 5.41) is 8.28. The first-order chi connectivity index (χ1) is 13.6. The predicted octanol–water partition coefficient (Wildman–Crippen LogP) is 4.88. The molecular formula is C22H25N3OS2. The van der Waals surface area contributed by atoms with Gasteiger partial charge in [-0.2, -0.15) is 11.3 Å². The standard InChI is InChI=1S/C22H25N3OS2/c1-15-5-3-4-6-17(15)13-25-10-7-19(8-11-25)24-21(26)20-16(2)23-22(28-20)18-9-12-27-14-18/h3-6,9,12,14,19H,7-8,10-11,13H2,1-2H3,(H,24,26). The van der Waals surface area contributed by atoms with E-state index in [2.05, 4.69) is 57.8 Å². The molecule has 3 heterocycles. The average Bonchev–Trinajstić information content (AvgIpc) is 3.35. The van der Waals surface area contributed by atoms with Gasteiger partial charge in [0.05, 0.1) is 5.69 Å². The van der Waals surface area contributed by atoms with E-state index >= 15 is 0 Å². The first kappa shape index (κ1) is 19.3. The van der Waals surface area contributed by atoms with Crippen LogP contribution in [0.15, 0.2) is 41.1 Å². The van der Waals surface area contributed by atoms with Crippen molar-refractivity contribution < 1.29 is 4.79 Å². The summed E-state index contributed by atoms with van der Waals surface area (Å²) in [7, 11) is 0. The van der Waals surface area contributed by atoms with E-state index in [0.717, 1.165) is 53.6 Å². The first-order valence-electron chi connectivity index (χ1n) is 9.68. The third-order valence-electron chi connectivity index (χ3n) is 5.35. The zero-order valence-electron chi connectivity index (χ0n) is 16.3. The Labute approximate surface area is 174 Å². The van der Waals surface area contributed by atoms with Crippen LogP contribution in [0.4, 0.5) is 0 Å². The molecule has 1 amide bonds. The minimum atomic E-state index is 0.0221. The van der Waals surface area contributed by atoms with E-state index in [9.17, 15) is 4.79 Å². The molecule has 0 radical (unpaired) electrons. The van der Waals surface area contributed by atoms with E-state index in [1.54, 1.807) is 11.3 Å². The van der Waals surface area contributed by atoms with Gasteiger partial charge in [0.2, 0.25) is 0 Å². The number of thiophene rings is 1. The molecule has 0 unspecified atom stereocenters. The van der Waals surface area contributed by atoms with E-state index < -0.39 is 0 Å². The molecule has 4 rings (SSSR count). The van der Waals surface area contributed by atoms with E-state index in [1.165, 1.54) is 22.5 Å². The van der Waals surface area contributed by atoms with Gasteiger partial charge in [-0.25, -0.2) is 4.98 Å². The van der Waals surface area contributed by atoms with Gasteiger partial charge < -0.3 is 5.32 Å². The molecule has 0 saturated carbocycles. The van der Waals surface area contributed by atoms with Crippen LogP contribution in [0, 0.1) is 13.8 Å². The molecule has 1 N–H and O–H groups in total. The smallest absolute Gasteiger partial charge is 0.263 e.